The largest absolute Gasteiger partial charge is 0.352 e. The van der Waals surface area contributed by atoms with E-state index in [9.17, 15) is 9.59 Å². The molecule has 4 rings (SSSR count). The van der Waals surface area contributed by atoms with E-state index in [-0.39, 0.29) is 24.4 Å². The van der Waals surface area contributed by atoms with Crippen LogP contribution in [0.25, 0.3) is 11.4 Å². The first-order valence-corrected chi connectivity index (χ1v) is 11.5. The van der Waals surface area contributed by atoms with E-state index in [1.165, 1.54) is 4.80 Å². The van der Waals surface area contributed by atoms with E-state index in [4.69, 9.17) is 0 Å². The Morgan fingerprint density at radius 3 is 2.48 bits per heavy atom. The van der Waals surface area contributed by atoms with Crippen LogP contribution < -0.4 is 5.32 Å². The first-order valence-electron chi connectivity index (χ1n) is 11.5. The van der Waals surface area contributed by atoms with Crippen LogP contribution in [0.2, 0.25) is 0 Å². The third-order valence-corrected chi connectivity index (χ3v) is 6.10. The molecule has 1 unspecified atom stereocenters. The molecule has 0 bridgehead atoms. The fraction of sp³-hybridized carbons (Fsp3) is 0.400. The van der Waals surface area contributed by atoms with E-state index in [1.807, 2.05) is 61.5 Å². The van der Waals surface area contributed by atoms with E-state index in [2.05, 4.69) is 20.7 Å². The smallest absolute Gasteiger partial charge is 0.247 e. The summed E-state index contributed by atoms with van der Waals surface area (Å²) in [5, 5.41) is 15.6. The lowest BCUT2D eigenvalue weighted by Crippen LogP contribution is -2.50. The lowest BCUT2D eigenvalue weighted by Gasteiger charge is -2.29. The van der Waals surface area contributed by atoms with Crippen molar-refractivity contribution >= 4 is 11.8 Å². The number of aromatic nitrogens is 4. The van der Waals surface area contributed by atoms with Gasteiger partial charge in [0.15, 0.2) is 0 Å². The standard InChI is InChI=1S/C25H30N6O2/c1-18-12-14-21(15-13-18)24-27-29-31(28-24)17-23(32)30(16-20-8-4-3-5-9-20)19(2)25(33)26-22-10-6-7-11-22/h3-5,8-9,12-15,19,22H,6-7,10-11,16-17H2,1-2H3,(H,26,33). The molecule has 0 spiro atoms. The average molecular weight is 447 g/mol. The highest BCUT2D eigenvalue weighted by Gasteiger charge is 2.29. The Hall–Kier alpha value is -3.55. The Balaban J connectivity index is 1.48. The van der Waals surface area contributed by atoms with Gasteiger partial charge >= 0.3 is 0 Å². The summed E-state index contributed by atoms with van der Waals surface area (Å²) in [5.74, 6) is 0.100. The predicted molar refractivity (Wildman–Crippen MR) is 125 cm³/mol. The molecule has 172 valence electrons. The summed E-state index contributed by atoms with van der Waals surface area (Å²) >= 11 is 0. The van der Waals surface area contributed by atoms with Crippen molar-refractivity contribution < 1.29 is 9.59 Å². The van der Waals surface area contributed by atoms with Crippen LogP contribution in [0.4, 0.5) is 0 Å². The summed E-state index contributed by atoms with van der Waals surface area (Å²) in [6.07, 6.45) is 4.26. The van der Waals surface area contributed by atoms with Crippen molar-refractivity contribution in [2.75, 3.05) is 0 Å². The summed E-state index contributed by atoms with van der Waals surface area (Å²) in [6.45, 7) is 4.03. The monoisotopic (exact) mass is 446 g/mol. The number of nitrogens with zero attached hydrogens (tertiary/aromatic N) is 5. The number of rotatable bonds is 8. The summed E-state index contributed by atoms with van der Waals surface area (Å²) in [6, 6.07) is 17.1. The Morgan fingerprint density at radius 1 is 1.09 bits per heavy atom. The van der Waals surface area contributed by atoms with Crippen molar-refractivity contribution in [3.05, 3.63) is 65.7 Å². The van der Waals surface area contributed by atoms with Gasteiger partial charge in [-0.2, -0.15) is 4.80 Å². The summed E-state index contributed by atoms with van der Waals surface area (Å²) < 4.78 is 0. The first-order chi connectivity index (χ1) is 16.0. The SMILES string of the molecule is Cc1ccc(-c2nnn(CC(=O)N(Cc3ccccc3)C(C)C(=O)NC3CCCC3)n2)cc1. The van der Waals surface area contributed by atoms with Crippen LogP contribution in [0.15, 0.2) is 54.6 Å². The fourth-order valence-electron chi connectivity index (χ4n) is 4.09. The van der Waals surface area contributed by atoms with Crippen molar-refractivity contribution in [1.29, 1.82) is 0 Å². The van der Waals surface area contributed by atoms with Gasteiger partial charge in [0.1, 0.15) is 12.6 Å². The van der Waals surface area contributed by atoms with Crippen molar-refractivity contribution in [2.24, 2.45) is 0 Å². The second kappa shape index (κ2) is 10.4. The molecule has 2 aromatic carbocycles. The lowest BCUT2D eigenvalue weighted by molar-refractivity contribution is -0.141. The number of carbonyl (C=O) groups is 2. The van der Waals surface area contributed by atoms with Crippen LogP contribution in [0.3, 0.4) is 0 Å². The zero-order valence-electron chi connectivity index (χ0n) is 19.1. The molecule has 3 aromatic rings. The van der Waals surface area contributed by atoms with Crippen LogP contribution >= 0.6 is 0 Å². The molecule has 1 heterocycles. The maximum atomic E-state index is 13.3. The molecule has 0 aliphatic heterocycles. The second-order valence-electron chi connectivity index (χ2n) is 8.68. The summed E-state index contributed by atoms with van der Waals surface area (Å²) in [7, 11) is 0. The van der Waals surface area contributed by atoms with Crippen molar-refractivity contribution in [3.63, 3.8) is 0 Å². The quantitative estimate of drug-likeness (QED) is 0.574. The highest BCUT2D eigenvalue weighted by atomic mass is 16.2. The molecule has 33 heavy (non-hydrogen) atoms. The van der Waals surface area contributed by atoms with Gasteiger partial charge in [0.05, 0.1) is 0 Å². The topological polar surface area (TPSA) is 93.0 Å². The van der Waals surface area contributed by atoms with E-state index in [0.717, 1.165) is 42.4 Å². The van der Waals surface area contributed by atoms with Gasteiger partial charge in [-0.1, -0.05) is 73.0 Å². The highest BCUT2D eigenvalue weighted by Crippen LogP contribution is 2.19. The van der Waals surface area contributed by atoms with Gasteiger partial charge < -0.3 is 10.2 Å². The van der Waals surface area contributed by atoms with Gasteiger partial charge in [0.25, 0.3) is 0 Å². The van der Waals surface area contributed by atoms with Crippen LogP contribution in [0.5, 0.6) is 0 Å². The van der Waals surface area contributed by atoms with Gasteiger partial charge in [0.2, 0.25) is 17.6 Å². The molecular weight excluding hydrogens is 416 g/mol. The van der Waals surface area contributed by atoms with Crippen LogP contribution in [-0.4, -0.2) is 49.0 Å². The number of amides is 2. The lowest BCUT2D eigenvalue weighted by atomic mass is 10.1. The Kier molecular flexibility index (Phi) is 7.12. The molecule has 8 heteroatoms. The highest BCUT2D eigenvalue weighted by molar-refractivity contribution is 5.87. The molecule has 1 aliphatic carbocycles. The molecule has 1 atom stereocenters. The molecule has 1 N–H and O–H groups in total. The van der Waals surface area contributed by atoms with E-state index in [1.54, 1.807) is 11.8 Å². The number of nitrogens with one attached hydrogen (secondary N) is 1. The van der Waals surface area contributed by atoms with Crippen molar-refractivity contribution in [1.82, 2.24) is 30.4 Å². The maximum absolute atomic E-state index is 13.3. The molecule has 1 aromatic heterocycles. The van der Waals surface area contributed by atoms with Crippen LogP contribution in [-0.2, 0) is 22.7 Å². The molecule has 0 radical (unpaired) electrons. The molecular formula is C25H30N6O2. The zero-order chi connectivity index (χ0) is 23.2. The average Bonchev–Trinajstić information content (AvgIpc) is 3.50. The second-order valence-corrected chi connectivity index (χ2v) is 8.68. The maximum Gasteiger partial charge on any atom is 0.247 e. The number of tetrazole rings is 1. The fourth-order valence-corrected chi connectivity index (χ4v) is 4.09. The zero-order valence-corrected chi connectivity index (χ0v) is 19.1. The number of hydrogen-bond acceptors (Lipinski definition) is 5. The van der Waals surface area contributed by atoms with Crippen LogP contribution in [0, 0.1) is 6.92 Å². The van der Waals surface area contributed by atoms with E-state index < -0.39 is 6.04 Å². The molecule has 1 aliphatic rings. The number of hydrogen-bond donors (Lipinski definition) is 1. The van der Waals surface area contributed by atoms with Gasteiger partial charge in [-0.15, -0.1) is 10.2 Å². The molecule has 2 amide bonds. The van der Waals surface area contributed by atoms with Crippen molar-refractivity contribution in [3.8, 4) is 11.4 Å². The minimum atomic E-state index is -0.613. The van der Waals surface area contributed by atoms with Crippen molar-refractivity contribution in [2.45, 2.75) is 64.7 Å². The normalized spacial score (nSPS) is 14.7. The summed E-state index contributed by atoms with van der Waals surface area (Å²) in [4.78, 5) is 29.1. The molecule has 1 fully saturated rings. The number of benzene rings is 2. The molecule has 1 saturated carbocycles. The number of aryl methyl sites for hydroxylation is 1. The number of carbonyl (C=O) groups excluding carboxylic acids is 2. The van der Waals surface area contributed by atoms with Gasteiger partial charge in [0, 0.05) is 18.2 Å². The molecule has 0 saturated heterocycles. The Morgan fingerprint density at radius 2 is 1.79 bits per heavy atom. The van der Waals surface area contributed by atoms with Gasteiger partial charge in [-0.3, -0.25) is 9.59 Å². The third-order valence-electron chi connectivity index (χ3n) is 6.10. The predicted octanol–water partition coefficient (Wildman–Crippen LogP) is 3.12. The Bertz CT molecular complexity index is 1070. The first kappa shape index (κ1) is 22.6. The van der Waals surface area contributed by atoms with Gasteiger partial charge in [-0.05, 0) is 37.5 Å². The third kappa shape index (κ3) is 5.83. The summed E-state index contributed by atoms with van der Waals surface area (Å²) in [5.41, 5.74) is 2.94. The Labute approximate surface area is 194 Å². The van der Waals surface area contributed by atoms with Crippen LogP contribution in [0.1, 0.15) is 43.7 Å². The molecule has 8 nitrogen and oxygen atoms in total. The van der Waals surface area contributed by atoms with E-state index >= 15 is 0 Å². The van der Waals surface area contributed by atoms with E-state index in [0.29, 0.717) is 12.4 Å². The van der Waals surface area contributed by atoms with Gasteiger partial charge in [-0.25, -0.2) is 0 Å². The minimum absolute atomic E-state index is 0.0905. The minimum Gasteiger partial charge on any atom is -0.352 e.